The second kappa shape index (κ2) is 7.28. The molecule has 0 aromatic carbocycles. The zero-order valence-corrected chi connectivity index (χ0v) is 13.5. The van der Waals surface area contributed by atoms with Crippen LogP contribution in [-0.2, 0) is 4.79 Å². The van der Waals surface area contributed by atoms with E-state index in [2.05, 4.69) is 33.0 Å². The molecule has 0 radical (unpaired) electrons. The van der Waals surface area contributed by atoms with Crippen molar-refractivity contribution in [3.8, 4) is 0 Å². The maximum Gasteiger partial charge on any atom is 0.222 e. The summed E-state index contributed by atoms with van der Waals surface area (Å²) in [7, 11) is 1.99. The lowest BCUT2D eigenvalue weighted by molar-refractivity contribution is -0.133. The Balaban J connectivity index is 2.42. The average Bonchev–Trinajstić information content (AvgIpc) is 2.53. The molecular formula is C16H32N2O. The van der Waals surface area contributed by atoms with Gasteiger partial charge in [-0.2, -0.15) is 0 Å². The lowest BCUT2D eigenvalue weighted by atomic mass is 9.84. The minimum absolute atomic E-state index is 0.310. The van der Waals surface area contributed by atoms with Gasteiger partial charge in [-0.3, -0.25) is 4.79 Å². The third-order valence-electron chi connectivity index (χ3n) is 3.97. The first kappa shape index (κ1) is 16.5. The minimum atomic E-state index is 0.310. The van der Waals surface area contributed by atoms with Crippen molar-refractivity contribution in [2.45, 2.75) is 65.8 Å². The van der Waals surface area contributed by atoms with Crippen LogP contribution in [0.1, 0.15) is 59.8 Å². The minimum Gasteiger partial charge on any atom is -0.343 e. The molecule has 1 aliphatic rings. The van der Waals surface area contributed by atoms with Crippen LogP contribution in [-0.4, -0.2) is 37.0 Å². The molecule has 1 amide bonds. The van der Waals surface area contributed by atoms with Gasteiger partial charge >= 0.3 is 0 Å². The molecule has 3 nitrogen and oxygen atoms in total. The molecule has 1 aliphatic heterocycles. The maximum atomic E-state index is 12.4. The van der Waals surface area contributed by atoms with Crippen LogP contribution in [0.4, 0.5) is 0 Å². The van der Waals surface area contributed by atoms with Gasteiger partial charge in [0.25, 0.3) is 0 Å². The van der Waals surface area contributed by atoms with Gasteiger partial charge in [0.05, 0.1) is 0 Å². The normalized spacial score (nSPS) is 22.7. The fourth-order valence-electron chi connectivity index (χ4n) is 3.15. The molecule has 112 valence electrons. The van der Waals surface area contributed by atoms with E-state index in [-0.39, 0.29) is 0 Å². The molecule has 0 aromatic rings. The van der Waals surface area contributed by atoms with E-state index in [4.69, 9.17) is 0 Å². The van der Waals surface area contributed by atoms with Crippen molar-refractivity contribution in [2.75, 3.05) is 20.1 Å². The quantitative estimate of drug-likeness (QED) is 0.850. The van der Waals surface area contributed by atoms with E-state index in [0.717, 1.165) is 32.4 Å². The summed E-state index contributed by atoms with van der Waals surface area (Å²) >= 11 is 0. The van der Waals surface area contributed by atoms with E-state index < -0.39 is 0 Å². The Bertz CT molecular complexity index is 275. The first-order valence-electron chi connectivity index (χ1n) is 7.76. The lowest BCUT2D eigenvalue weighted by Crippen LogP contribution is -2.38. The standard InChI is InChI=1S/C16H32N2O/c1-13(12-16(2,3)4)11-15(19)18(5)14-7-6-9-17-10-8-14/h13-14,17H,6-12H2,1-5H3. The van der Waals surface area contributed by atoms with Gasteiger partial charge in [0, 0.05) is 19.5 Å². The molecule has 3 heteroatoms. The number of nitrogens with one attached hydrogen (secondary N) is 1. The van der Waals surface area contributed by atoms with Crippen LogP contribution in [0, 0.1) is 11.3 Å². The Morgan fingerprint density at radius 3 is 2.63 bits per heavy atom. The van der Waals surface area contributed by atoms with Crippen LogP contribution >= 0.6 is 0 Å². The lowest BCUT2D eigenvalue weighted by Gasteiger charge is -2.29. The van der Waals surface area contributed by atoms with Crippen LogP contribution < -0.4 is 5.32 Å². The average molecular weight is 268 g/mol. The predicted octanol–water partition coefficient (Wildman–Crippen LogP) is 3.05. The summed E-state index contributed by atoms with van der Waals surface area (Å²) in [6.07, 6.45) is 5.22. The van der Waals surface area contributed by atoms with Gasteiger partial charge in [0.1, 0.15) is 0 Å². The summed E-state index contributed by atoms with van der Waals surface area (Å²) < 4.78 is 0. The Morgan fingerprint density at radius 2 is 2.00 bits per heavy atom. The van der Waals surface area contributed by atoms with Crippen molar-refractivity contribution >= 4 is 5.91 Å². The van der Waals surface area contributed by atoms with E-state index in [9.17, 15) is 4.79 Å². The summed E-state index contributed by atoms with van der Waals surface area (Å²) in [5.41, 5.74) is 0.310. The van der Waals surface area contributed by atoms with Crippen LogP contribution in [0.5, 0.6) is 0 Å². The van der Waals surface area contributed by atoms with Crippen LogP contribution in [0.15, 0.2) is 0 Å². The number of hydrogen-bond acceptors (Lipinski definition) is 2. The van der Waals surface area contributed by atoms with Crippen LogP contribution in [0.2, 0.25) is 0 Å². The number of nitrogens with zero attached hydrogens (tertiary/aromatic N) is 1. The molecule has 1 N–H and O–H groups in total. The molecule has 1 saturated heterocycles. The Kier molecular flexibility index (Phi) is 6.31. The molecule has 19 heavy (non-hydrogen) atoms. The largest absolute Gasteiger partial charge is 0.343 e. The van der Waals surface area contributed by atoms with Gasteiger partial charge in [-0.05, 0) is 50.1 Å². The molecule has 2 atom stereocenters. The summed E-state index contributed by atoms with van der Waals surface area (Å²) in [5, 5.41) is 3.40. The summed E-state index contributed by atoms with van der Waals surface area (Å²) in [6.45, 7) is 11.1. The Hall–Kier alpha value is -0.570. The third kappa shape index (κ3) is 6.42. The summed E-state index contributed by atoms with van der Waals surface area (Å²) in [4.78, 5) is 14.4. The van der Waals surface area contributed by atoms with Gasteiger partial charge in [-0.1, -0.05) is 27.7 Å². The number of carbonyl (C=O) groups is 1. The van der Waals surface area contributed by atoms with Crippen LogP contribution in [0.3, 0.4) is 0 Å². The third-order valence-corrected chi connectivity index (χ3v) is 3.97. The number of rotatable bonds is 4. The van der Waals surface area contributed by atoms with Crippen molar-refractivity contribution in [3.05, 3.63) is 0 Å². The van der Waals surface area contributed by atoms with E-state index in [0.29, 0.717) is 29.7 Å². The van der Waals surface area contributed by atoms with Crippen molar-refractivity contribution < 1.29 is 4.79 Å². The SMILES string of the molecule is CC(CC(=O)N(C)C1CCCNCC1)CC(C)(C)C. The Morgan fingerprint density at radius 1 is 1.32 bits per heavy atom. The van der Waals surface area contributed by atoms with Gasteiger partial charge in [0.2, 0.25) is 5.91 Å². The number of carbonyl (C=O) groups excluding carboxylic acids is 1. The highest BCUT2D eigenvalue weighted by molar-refractivity contribution is 5.76. The fourth-order valence-corrected chi connectivity index (χ4v) is 3.15. The van der Waals surface area contributed by atoms with E-state index in [1.54, 1.807) is 0 Å². The Labute approximate surface area is 119 Å². The van der Waals surface area contributed by atoms with E-state index in [1.807, 2.05) is 11.9 Å². The molecular weight excluding hydrogens is 236 g/mol. The van der Waals surface area contributed by atoms with Crippen molar-refractivity contribution in [2.24, 2.45) is 11.3 Å². The molecule has 0 aliphatic carbocycles. The first-order chi connectivity index (χ1) is 8.79. The predicted molar refractivity (Wildman–Crippen MR) is 81.1 cm³/mol. The number of amides is 1. The molecule has 0 saturated carbocycles. The van der Waals surface area contributed by atoms with Gasteiger partial charge in [-0.25, -0.2) is 0 Å². The van der Waals surface area contributed by atoms with Gasteiger partial charge in [-0.15, -0.1) is 0 Å². The fraction of sp³-hybridized carbons (Fsp3) is 0.938. The molecule has 0 spiro atoms. The van der Waals surface area contributed by atoms with Crippen LogP contribution in [0.25, 0.3) is 0 Å². The molecule has 1 rings (SSSR count). The highest BCUT2D eigenvalue weighted by atomic mass is 16.2. The topological polar surface area (TPSA) is 32.3 Å². The van der Waals surface area contributed by atoms with Gasteiger partial charge in [0.15, 0.2) is 0 Å². The number of hydrogen-bond donors (Lipinski definition) is 1. The highest BCUT2D eigenvalue weighted by Crippen LogP contribution is 2.26. The maximum absolute atomic E-state index is 12.4. The van der Waals surface area contributed by atoms with E-state index >= 15 is 0 Å². The van der Waals surface area contributed by atoms with E-state index in [1.165, 1.54) is 6.42 Å². The second-order valence-electron chi connectivity index (χ2n) is 7.41. The zero-order chi connectivity index (χ0) is 14.5. The van der Waals surface area contributed by atoms with Gasteiger partial charge < -0.3 is 10.2 Å². The second-order valence-corrected chi connectivity index (χ2v) is 7.41. The van der Waals surface area contributed by atoms with Crippen molar-refractivity contribution in [1.29, 1.82) is 0 Å². The highest BCUT2D eigenvalue weighted by Gasteiger charge is 2.24. The monoisotopic (exact) mass is 268 g/mol. The molecule has 0 bridgehead atoms. The zero-order valence-electron chi connectivity index (χ0n) is 13.5. The van der Waals surface area contributed by atoms with Crippen molar-refractivity contribution in [3.63, 3.8) is 0 Å². The first-order valence-corrected chi connectivity index (χ1v) is 7.76. The molecule has 1 fully saturated rings. The molecule has 0 aromatic heterocycles. The summed E-state index contributed by atoms with van der Waals surface area (Å²) in [6, 6.07) is 0.435. The summed E-state index contributed by atoms with van der Waals surface area (Å²) in [5.74, 6) is 0.794. The molecule has 1 heterocycles. The van der Waals surface area contributed by atoms with Crippen molar-refractivity contribution in [1.82, 2.24) is 10.2 Å². The smallest absolute Gasteiger partial charge is 0.222 e. The molecule has 2 unspecified atom stereocenters.